The van der Waals surface area contributed by atoms with Crippen LogP contribution in [0.25, 0.3) is 0 Å². The fourth-order valence-corrected chi connectivity index (χ4v) is 3.85. The van der Waals surface area contributed by atoms with Gasteiger partial charge in [-0.2, -0.15) is 0 Å². The molecular formula is C18H27NO2. The van der Waals surface area contributed by atoms with Gasteiger partial charge in [0.1, 0.15) is 5.75 Å². The molecule has 2 atom stereocenters. The van der Waals surface area contributed by atoms with E-state index in [0.717, 1.165) is 32.5 Å². The number of nitrogens with zero attached hydrogens (tertiary/aromatic N) is 1. The van der Waals surface area contributed by atoms with E-state index in [-0.39, 0.29) is 0 Å². The highest BCUT2D eigenvalue weighted by Crippen LogP contribution is 2.31. The quantitative estimate of drug-likeness (QED) is 0.904. The van der Waals surface area contributed by atoms with Crippen molar-refractivity contribution in [3.8, 4) is 5.75 Å². The van der Waals surface area contributed by atoms with E-state index in [9.17, 15) is 5.11 Å². The summed E-state index contributed by atoms with van der Waals surface area (Å²) in [5.41, 5.74) is 2.52. The van der Waals surface area contributed by atoms with Gasteiger partial charge in [0.15, 0.2) is 0 Å². The molecule has 1 aromatic carbocycles. The molecule has 1 saturated heterocycles. The summed E-state index contributed by atoms with van der Waals surface area (Å²) in [4.78, 5) is 2.67. The van der Waals surface area contributed by atoms with E-state index in [2.05, 4.69) is 17.9 Å². The Bertz CT molecular complexity index is 468. The van der Waals surface area contributed by atoms with Gasteiger partial charge in [-0.25, -0.2) is 0 Å². The molecule has 1 aliphatic carbocycles. The van der Waals surface area contributed by atoms with E-state index < -0.39 is 0 Å². The van der Waals surface area contributed by atoms with Gasteiger partial charge in [0.05, 0.1) is 6.61 Å². The summed E-state index contributed by atoms with van der Waals surface area (Å²) in [6.07, 6.45) is 5.67. The second-order valence-electron chi connectivity index (χ2n) is 6.54. The van der Waals surface area contributed by atoms with E-state index >= 15 is 0 Å². The zero-order valence-corrected chi connectivity index (χ0v) is 13.1. The number of phenolic OH excluding ortho intramolecular Hbond substituents is 1. The minimum atomic E-state index is 0.484. The predicted molar refractivity (Wildman–Crippen MR) is 84.7 cm³/mol. The van der Waals surface area contributed by atoms with Crippen LogP contribution in [0.5, 0.6) is 5.75 Å². The van der Waals surface area contributed by atoms with Crippen molar-refractivity contribution >= 4 is 0 Å². The Hall–Kier alpha value is -1.06. The molecule has 2 unspecified atom stereocenters. The van der Waals surface area contributed by atoms with Crippen LogP contribution in [-0.4, -0.2) is 42.4 Å². The highest BCUT2D eigenvalue weighted by atomic mass is 16.5. The molecule has 21 heavy (non-hydrogen) atoms. The van der Waals surface area contributed by atoms with Gasteiger partial charge in [0.2, 0.25) is 0 Å². The van der Waals surface area contributed by atoms with Gasteiger partial charge in [-0.05, 0) is 61.8 Å². The predicted octanol–water partition coefficient (Wildman–Crippen LogP) is 3.00. The van der Waals surface area contributed by atoms with Gasteiger partial charge in [-0.15, -0.1) is 0 Å². The van der Waals surface area contributed by atoms with Crippen molar-refractivity contribution in [2.45, 2.75) is 45.1 Å². The number of ether oxygens (including phenoxy) is 1. The normalized spacial score (nSPS) is 25.2. The second-order valence-corrected chi connectivity index (χ2v) is 6.54. The number of rotatable bonds is 5. The van der Waals surface area contributed by atoms with E-state index in [1.165, 1.54) is 37.1 Å². The SMILES string of the molecule is CCCN(CC1CCOC1)C1CCc2c(O)cccc2C1. The van der Waals surface area contributed by atoms with Gasteiger partial charge < -0.3 is 9.84 Å². The number of benzene rings is 1. The van der Waals surface area contributed by atoms with Crippen LogP contribution in [0.3, 0.4) is 0 Å². The van der Waals surface area contributed by atoms with Gasteiger partial charge in [0.25, 0.3) is 0 Å². The standard InChI is InChI=1S/C18H27NO2/c1-2-9-19(12-14-8-10-21-13-14)16-6-7-17-15(11-16)4-3-5-18(17)20/h3-5,14,16,20H,2,6-13H2,1H3. The molecule has 1 N–H and O–H groups in total. The number of phenols is 1. The van der Waals surface area contributed by atoms with Crippen LogP contribution >= 0.6 is 0 Å². The zero-order valence-electron chi connectivity index (χ0n) is 13.1. The summed E-state index contributed by atoms with van der Waals surface area (Å²) < 4.78 is 5.54. The van der Waals surface area contributed by atoms with Crippen LogP contribution in [0, 0.1) is 5.92 Å². The summed E-state index contributed by atoms with van der Waals surface area (Å²) in [6, 6.07) is 6.61. The molecule has 3 rings (SSSR count). The van der Waals surface area contributed by atoms with Gasteiger partial charge in [0, 0.05) is 19.2 Å². The average Bonchev–Trinajstić information content (AvgIpc) is 3.00. The lowest BCUT2D eigenvalue weighted by atomic mass is 9.86. The Morgan fingerprint density at radius 3 is 3.00 bits per heavy atom. The molecule has 0 radical (unpaired) electrons. The summed E-state index contributed by atoms with van der Waals surface area (Å²) >= 11 is 0. The first-order valence-corrected chi connectivity index (χ1v) is 8.39. The molecule has 1 aromatic rings. The fraction of sp³-hybridized carbons (Fsp3) is 0.667. The molecule has 1 aliphatic heterocycles. The van der Waals surface area contributed by atoms with Crippen LogP contribution in [-0.2, 0) is 17.6 Å². The number of fused-ring (bicyclic) bond motifs is 1. The molecule has 1 fully saturated rings. The monoisotopic (exact) mass is 289 g/mol. The molecule has 116 valence electrons. The summed E-state index contributed by atoms with van der Waals surface area (Å²) in [5.74, 6) is 1.19. The minimum Gasteiger partial charge on any atom is -0.508 e. The van der Waals surface area contributed by atoms with Crippen molar-refractivity contribution in [1.82, 2.24) is 4.90 Å². The van der Waals surface area contributed by atoms with Crippen LogP contribution in [0.4, 0.5) is 0 Å². The van der Waals surface area contributed by atoms with Crippen LogP contribution in [0.2, 0.25) is 0 Å². The molecule has 0 saturated carbocycles. The second kappa shape index (κ2) is 6.80. The molecule has 2 aliphatic rings. The third-order valence-electron chi connectivity index (χ3n) is 4.98. The van der Waals surface area contributed by atoms with Crippen molar-refractivity contribution in [3.63, 3.8) is 0 Å². The summed E-state index contributed by atoms with van der Waals surface area (Å²) in [7, 11) is 0. The number of hydrogen-bond acceptors (Lipinski definition) is 3. The molecule has 0 aromatic heterocycles. The summed E-state index contributed by atoms with van der Waals surface area (Å²) in [5, 5.41) is 9.98. The van der Waals surface area contributed by atoms with Crippen LogP contribution in [0.1, 0.15) is 37.3 Å². The lowest BCUT2D eigenvalue weighted by Crippen LogP contribution is -2.42. The molecular weight excluding hydrogens is 262 g/mol. The maximum absolute atomic E-state index is 9.98. The number of aromatic hydroxyl groups is 1. The lowest BCUT2D eigenvalue weighted by Gasteiger charge is -2.36. The molecule has 3 heteroatoms. The highest BCUT2D eigenvalue weighted by molar-refractivity contribution is 5.41. The van der Waals surface area contributed by atoms with Crippen molar-refractivity contribution in [2.75, 3.05) is 26.3 Å². The summed E-state index contributed by atoms with van der Waals surface area (Å²) in [6.45, 7) is 6.49. The smallest absolute Gasteiger partial charge is 0.119 e. The average molecular weight is 289 g/mol. The van der Waals surface area contributed by atoms with E-state index in [1.807, 2.05) is 12.1 Å². The Labute approximate surface area is 127 Å². The van der Waals surface area contributed by atoms with E-state index in [1.54, 1.807) is 0 Å². The zero-order chi connectivity index (χ0) is 14.7. The van der Waals surface area contributed by atoms with Crippen molar-refractivity contribution < 1.29 is 9.84 Å². The Morgan fingerprint density at radius 2 is 2.24 bits per heavy atom. The third kappa shape index (κ3) is 3.41. The minimum absolute atomic E-state index is 0.484. The van der Waals surface area contributed by atoms with Gasteiger partial charge >= 0.3 is 0 Å². The largest absolute Gasteiger partial charge is 0.508 e. The van der Waals surface area contributed by atoms with Crippen molar-refractivity contribution in [3.05, 3.63) is 29.3 Å². The Kier molecular flexibility index (Phi) is 4.81. The highest BCUT2D eigenvalue weighted by Gasteiger charge is 2.28. The molecule has 1 heterocycles. The maximum atomic E-state index is 9.98. The molecule has 3 nitrogen and oxygen atoms in total. The molecule has 0 bridgehead atoms. The van der Waals surface area contributed by atoms with Crippen molar-refractivity contribution in [2.24, 2.45) is 5.92 Å². The fourth-order valence-electron chi connectivity index (χ4n) is 3.85. The van der Waals surface area contributed by atoms with Gasteiger partial charge in [-0.3, -0.25) is 4.90 Å². The topological polar surface area (TPSA) is 32.7 Å². The van der Waals surface area contributed by atoms with Crippen LogP contribution in [0.15, 0.2) is 18.2 Å². The first-order valence-electron chi connectivity index (χ1n) is 8.39. The Balaban J connectivity index is 1.69. The lowest BCUT2D eigenvalue weighted by molar-refractivity contribution is 0.134. The molecule has 0 amide bonds. The molecule has 0 spiro atoms. The van der Waals surface area contributed by atoms with E-state index in [4.69, 9.17) is 4.74 Å². The maximum Gasteiger partial charge on any atom is 0.119 e. The Morgan fingerprint density at radius 1 is 1.33 bits per heavy atom. The van der Waals surface area contributed by atoms with Crippen LogP contribution < -0.4 is 0 Å². The van der Waals surface area contributed by atoms with Gasteiger partial charge in [-0.1, -0.05) is 19.1 Å². The van der Waals surface area contributed by atoms with E-state index in [0.29, 0.717) is 17.7 Å². The first kappa shape index (κ1) is 14.9. The third-order valence-corrected chi connectivity index (χ3v) is 4.98. The van der Waals surface area contributed by atoms with Crippen molar-refractivity contribution in [1.29, 1.82) is 0 Å². The first-order chi connectivity index (χ1) is 10.3. The number of hydrogen-bond donors (Lipinski definition) is 1.